The molecule has 0 amide bonds. The van der Waals surface area contributed by atoms with Crippen LogP contribution in [0.15, 0.2) is 4.99 Å². The van der Waals surface area contributed by atoms with Crippen molar-refractivity contribution in [2.45, 2.75) is 26.6 Å². The van der Waals surface area contributed by atoms with Crippen LogP contribution >= 0.6 is 0 Å². The summed E-state index contributed by atoms with van der Waals surface area (Å²) in [5.74, 6) is 0.852. The van der Waals surface area contributed by atoms with Gasteiger partial charge in [-0.2, -0.15) is 0 Å². The molecule has 0 unspecified atom stereocenters. The molecule has 1 aliphatic rings. The van der Waals surface area contributed by atoms with Gasteiger partial charge in [-0.25, -0.2) is 0 Å². The molecule has 0 atom stereocenters. The largest absolute Gasteiger partial charge is 0.356 e. The molecule has 88 valence electrons. The fourth-order valence-corrected chi connectivity index (χ4v) is 1.37. The second kappa shape index (κ2) is 7.48. The predicted octanol–water partition coefficient (Wildman–Crippen LogP) is 0.324. The number of hydrogen-bond acceptors (Lipinski definition) is 5. The molecule has 0 spiro atoms. The van der Waals surface area contributed by atoms with Gasteiger partial charge in [0.15, 0.2) is 12.2 Å². The fraction of sp³-hybridized carbons (Fsp3) is 0.900. The number of nitrogens with one attached hydrogen (secondary N) is 2. The minimum atomic E-state index is -0.188. The lowest BCUT2D eigenvalue weighted by Gasteiger charge is -2.20. The molecule has 2 N–H and O–H groups in total. The summed E-state index contributed by atoms with van der Waals surface area (Å²) >= 11 is 0. The van der Waals surface area contributed by atoms with E-state index in [1.807, 2.05) is 13.8 Å². The molecular weight excluding hydrogens is 194 g/mol. The van der Waals surface area contributed by atoms with Crippen molar-refractivity contribution in [1.82, 2.24) is 10.6 Å². The predicted molar refractivity (Wildman–Crippen MR) is 60.0 cm³/mol. The van der Waals surface area contributed by atoms with E-state index in [2.05, 4.69) is 15.6 Å². The molecule has 15 heavy (non-hydrogen) atoms. The molecule has 1 rings (SSSR count). The molecule has 0 radical (unpaired) electrons. The Hall–Kier alpha value is -0.810. The van der Waals surface area contributed by atoms with Crippen molar-refractivity contribution >= 4 is 5.96 Å². The smallest absolute Gasteiger partial charge is 0.191 e. The number of nitrogens with zero attached hydrogens (tertiary/aromatic N) is 1. The summed E-state index contributed by atoms with van der Waals surface area (Å²) in [5, 5.41) is 6.37. The average Bonchev–Trinajstić information content (AvgIpc) is 2.28. The van der Waals surface area contributed by atoms with Crippen LogP contribution in [-0.4, -0.2) is 45.1 Å². The van der Waals surface area contributed by atoms with Gasteiger partial charge in [0.05, 0.1) is 6.54 Å². The summed E-state index contributed by atoms with van der Waals surface area (Å²) in [5.41, 5.74) is 0. The highest BCUT2D eigenvalue weighted by molar-refractivity contribution is 5.80. The van der Waals surface area contributed by atoms with Gasteiger partial charge in [-0.1, -0.05) is 0 Å². The number of guanidine groups is 1. The van der Waals surface area contributed by atoms with Crippen molar-refractivity contribution in [3.8, 4) is 0 Å². The van der Waals surface area contributed by atoms with E-state index in [1.54, 1.807) is 0 Å². The van der Waals surface area contributed by atoms with E-state index in [1.165, 1.54) is 0 Å². The highest BCUT2D eigenvalue weighted by Gasteiger charge is 2.09. The van der Waals surface area contributed by atoms with Crippen LogP contribution in [0.25, 0.3) is 0 Å². The zero-order chi connectivity index (χ0) is 10.9. The van der Waals surface area contributed by atoms with Gasteiger partial charge in [0, 0.05) is 26.3 Å². The van der Waals surface area contributed by atoms with Crippen LogP contribution < -0.4 is 10.6 Å². The lowest BCUT2D eigenvalue weighted by Crippen LogP contribution is -2.44. The van der Waals surface area contributed by atoms with Gasteiger partial charge in [-0.05, 0) is 20.3 Å². The second-order valence-corrected chi connectivity index (χ2v) is 3.23. The Morgan fingerprint density at radius 3 is 2.67 bits per heavy atom. The first kappa shape index (κ1) is 12.3. The first-order chi connectivity index (χ1) is 7.36. The van der Waals surface area contributed by atoms with Gasteiger partial charge in [0.2, 0.25) is 0 Å². The van der Waals surface area contributed by atoms with E-state index in [0.717, 1.165) is 25.5 Å². The third-order valence-corrected chi connectivity index (χ3v) is 2.04. The summed E-state index contributed by atoms with van der Waals surface area (Å²) in [4.78, 5) is 4.30. The molecular formula is C10H21N3O2. The third-order valence-electron chi connectivity index (χ3n) is 2.04. The topological polar surface area (TPSA) is 54.9 Å². The minimum absolute atomic E-state index is 0.188. The van der Waals surface area contributed by atoms with E-state index in [0.29, 0.717) is 19.8 Å². The van der Waals surface area contributed by atoms with Crippen LogP contribution in [0.4, 0.5) is 0 Å². The molecule has 0 aliphatic carbocycles. The van der Waals surface area contributed by atoms with Gasteiger partial charge < -0.3 is 20.1 Å². The summed E-state index contributed by atoms with van der Waals surface area (Å²) in [6.45, 7) is 7.75. The molecule has 1 heterocycles. The molecule has 5 nitrogen and oxygen atoms in total. The van der Waals surface area contributed by atoms with E-state index in [4.69, 9.17) is 9.47 Å². The molecule has 0 fully saturated rings. The van der Waals surface area contributed by atoms with Crippen molar-refractivity contribution in [1.29, 1.82) is 0 Å². The standard InChI is InChI=1S/C10H21N3O2/c1-3-14-9(15-4-2)8-13-10-11-6-5-7-12-10/h9H,3-8H2,1-2H3,(H2,11,12,13). The maximum atomic E-state index is 5.41. The number of ether oxygens (including phenoxy) is 2. The Morgan fingerprint density at radius 1 is 1.40 bits per heavy atom. The maximum Gasteiger partial charge on any atom is 0.191 e. The second-order valence-electron chi connectivity index (χ2n) is 3.23. The SMILES string of the molecule is CCOC(CNC1=NCCCN1)OCC. The monoisotopic (exact) mass is 215 g/mol. The average molecular weight is 215 g/mol. The quantitative estimate of drug-likeness (QED) is 0.627. The summed E-state index contributed by atoms with van der Waals surface area (Å²) in [6.07, 6.45) is 0.914. The van der Waals surface area contributed by atoms with Crippen molar-refractivity contribution in [2.75, 3.05) is 32.8 Å². The molecule has 5 heteroatoms. The molecule has 0 aromatic heterocycles. The number of rotatable bonds is 6. The Morgan fingerprint density at radius 2 is 2.13 bits per heavy atom. The highest BCUT2D eigenvalue weighted by Crippen LogP contribution is 1.94. The molecule has 0 saturated carbocycles. The molecule has 0 aromatic rings. The number of hydrogen-bond donors (Lipinski definition) is 2. The Balaban J connectivity index is 2.22. The highest BCUT2D eigenvalue weighted by atomic mass is 16.7. The van der Waals surface area contributed by atoms with Crippen LogP contribution in [-0.2, 0) is 9.47 Å². The molecule has 0 bridgehead atoms. The van der Waals surface area contributed by atoms with Gasteiger partial charge >= 0.3 is 0 Å². The third kappa shape index (κ3) is 4.99. The Bertz CT molecular complexity index is 191. The van der Waals surface area contributed by atoms with Gasteiger partial charge in [-0.3, -0.25) is 4.99 Å². The molecule has 0 aromatic carbocycles. The first-order valence-electron chi connectivity index (χ1n) is 5.62. The van der Waals surface area contributed by atoms with Crippen LogP contribution in [0.3, 0.4) is 0 Å². The van der Waals surface area contributed by atoms with Gasteiger partial charge in [0.25, 0.3) is 0 Å². The maximum absolute atomic E-state index is 5.41. The zero-order valence-electron chi connectivity index (χ0n) is 9.58. The normalized spacial score (nSPS) is 16.1. The number of aliphatic imine (C=N–C) groups is 1. The van der Waals surface area contributed by atoms with Crippen molar-refractivity contribution in [2.24, 2.45) is 4.99 Å². The van der Waals surface area contributed by atoms with E-state index >= 15 is 0 Å². The lowest BCUT2D eigenvalue weighted by atomic mass is 10.4. The van der Waals surface area contributed by atoms with Gasteiger partial charge in [0.1, 0.15) is 0 Å². The zero-order valence-corrected chi connectivity index (χ0v) is 9.58. The Kier molecular flexibility index (Phi) is 6.11. The summed E-state index contributed by atoms with van der Waals surface area (Å²) < 4.78 is 10.8. The first-order valence-corrected chi connectivity index (χ1v) is 5.62. The van der Waals surface area contributed by atoms with E-state index < -0.39 is 0 Å². The lowest BCUT2D eigenvalue weighted by molar-refractivity contribution is -0.131. The summed E-state index contributed by atoms with van der Waals surface area (Å²) in [7, 11) is 0. The van der Waals surface area contributed by atoms with Crippen LogP contribution in [0.5, 0.6) is 0 Å². The van der Waals surface area contributed by atoms with Crippen LogP contribution in [0, 0.1) is 0 Å². The van der Waals surface area contributed by atoms with Crippen LogP contribution in [0.1, 0.15) is 20.3 Å². The van der Waals surface area contributed by atoms with Crippen LogP contribution in [0.2, 0.25) is 0 Å². The Labute approximate surface area is 91.2 Å². The minimum Gasteiger partial charge on any atom is -0.356 e. The summed E-state index contributed by atoms with van der Waals surface area (Å²) in [6, 6.07) is 0. The van der Waals surface area contributed by atoms with E-state index in [9.17, 15) is 0 Å². The van der Waals surface area contributed by atoms with E-state index in [-0.39, 0.29) is 6.29 Å². The van der Waals surface area contributed by atoms with Crippen molar-refractivity contribution in [3.05, 3.63) is 0 Å². The molecule has 1 aliphatic heterocycles. The van der Waals surface area contributed by atoms with Crippen molar-refractivity contribution in [3.63, 3.8) is 0 Å². The molecule has 0 saturated heterocycles. The van der Waals surface area contributed by atoms with Crippen molar-refractivity contribution < 1.29 is 9.47 Å². The fourth-order valence-electron chi connectivity index (χ4n) is 1.37. The van der Waals surface area contributed by atoms with Gasteiger partial charge in [-0.15, -0.1) is 0 Å².